The lowest BCUT2D eigenvalue weighted by Gasteiger charge is -2.18. The minimum Gasteiger partial charge on any atom is -0.487 e. The highest BCUT2D eigenvalue weighted by atomic mass is 16.5. The van der Waals surface area contributed by atoms with Crippen molar-refractivity contribution in [1.82, 2.24) is 30.1 Å². The van der Waals surface area contributed by atoms with Crippen molar-refractivity contribution in [1.29, 1.82) is 0 Å². The largest absolute Gasteiger partial charge is 0.487 e. The minimum absolute atomic E-state index is 0.343. The summed E-state index contributed by atoms with van der Waals surface area (Å²) in [4.78, 5) is 17.9. The smallest absolute Gasteiger partial charge is 0.130 e. The zero-order chi connectivity index (χ0) is 23.7. The van der Waals surface area contributed by atoms with Crippen LogP contribution >= 0.6 is 0 Å². The summed E-state index contributed by atoms with van der Waals surface area (Å²) in [7, 11) is 0. The van der Waals surface area contributed by atoms with Gasteiger partial charge in [-0.2, -0.15) is 5.10 Å². The van der Waals surface area contributed by atoms with Gasteiger partial charge in [-0.3, -0.25) is 5.10 Å². The first-order valence-electron chi connectivity index (χ1n) is 12.0. The summed E-state index contributed by atoms with van der Waals surface area (Å²) in [6.07, 6.45) is 4.59. The Labute approximate surface area is 201 Å². The fourth-order valence-corrected chi connectivity index (χ4v) is 5.04. The number of benzene rings is 3. The van der Waals surface area contributed by atoms with E-state index in [0.29, 0.717) is 12.5 Å². The summed E-state index contributed by atoms with van der Waals surface area (Å²) in [5.41, 5.74) is 7.14. The van der Waals surface area contributed by atoms with Crippen LogP contribution in [0, 0.1) is 0 Å². The predicted octanol–water partition coefficient (Wildman–Crippen LogP) is 6.29. The SMILES string of the molecule is CCc1nc2c3ccc(-c4ccc5c(c4)OCc4[nH]c(C(C)C)nc4-5)cc3c3c[nH]ncc3c2n1. The first-order valence-corrected chi connectivity index (χ1v) is 12.0. The van der Waals surface area contributed by atoms with Gasteiger partial charge >= 0.3 is 0 Å². The molecule has 7 nitrogen and oxygen atoms in total. The second-order valence-electron chi connectivity index (χ2n) is 9.41. The van der Waals surface area contributed by atoms with Crippen LogP contribution in [0.3, 0.4) is 0 Å². The van der Waals surface area contributed by atoms with Crippen LogP contribution in [0.2, 0.25) is 0 Å². The maximum Gasteiger partial charge on any atom is 0.130 e. The van der Waals surface area contributed by atoms with Crippen LogP contribution in [-0.2, 0) is 13.0 Å². The summed E-state index contributed by atoms with van der Waals surface area (Å²) in [6.45, 7) is 6.87. The highest BCUT2D eigenvalue weighted by Gasteiger charge is 2.23. The Morgan fingerprint density at radius 3 is 2.54 bits per heavy atom. The van der Waals surface area contributed by atoms with Crippen LogP contribution in [0.15, 0.2) is 48.8 Å². The Morgan fingerprint density at radius 1 is 0.914 bits per heavy atom. The van der Waals surface area contributed by atoms with E-state index in [1.165, 1.54) is 0 Å². The van der Waals surface area contributed by atoms with Gasteiger partial charge in [0.2, 0.25) is 0 Å². The van der Waals surface area contributed by atoms with Gasteiger partial charge in [0, 0.05) is 40.3 Å². The third-order valence-electron chi connectivity index (χ3n) is 6.90. The van der Waals surface area contributed by atoms with E-state index in [2.05, 4.69) is 72.4 Å². The van der Waals surface area contributed by atoms with Crippen molar-refractivity contribution in [2.75, 3.05) is 0 Å². The third-order valence-corrected chi connectivity index (χ3v) is 6.90. The van der Waals surface area contributed by atoms with E-state index in [-0.39, 0.29) is 0 Å². The lowest BCUT2D eigenvalue weighted by molar-refractivity contribution is 0.298. The molecule has 0 aliphatic carbocycles. The first kappa shape index (κ1) is 20.1. The number of nitrogens with one attached hydrogen (secondary N) is 2. The Bertz CT molecular complexity index is 1780. The van der Waals surface area contributed by atoms with E-state index in [1.807, 2.05) is 12.4 Å². The molecule has 2 N–H and O–H groups in total. The van der Waals surface area contributed by atoms with Gasteiger partial charge < -0.3 is 9.72 Å². The molecule has 4 heterocycles. The number of aromatic nitrogens is 6. The molecule has 1 aliphatic rings. The molecule has 0 fully saturated rings. The summed E-state index contributed by atoms with van der Waals surface area (Å²) >= 11 is 0. The molecule has 3 aromatic carbocycles. The molecule has 172 valence electrons. The number of fused-ring (bicyclic) bond motifs is 9. The van der Waals surface area contributed by atoms with Gasteiger partial charge in [0.15, 0.2) is 0 Å². The topological polar surface area (TPSA) is 92.4 Å². The number of rotatable bonds is 3. The minimum atomic E-state index is 0.343. The standard InChI is InChI=1S/C28H24N6O/c1-4-24-32-26-17-7-5-15(9-19(17)20-11-29-30-12-21(20)27(26)33-24)16-6-8-18-23(10-16)35-13-22-25(18)34-28(31-22)14(2)3/h5-12,14,29H,4,13H2,1-3H3,(H,31,34). The normalized spacial score (nSPS) is 12.9. The lowest BCUT2D eigenvalue weighted by atomic mass is 9.95. The highest BCUT2D eigenvalue weighted by molar-refractivity contribution is 6.23. The fraction of sp³-hybridized carbons (Fsp3) is 0.214. The van der Waals surface area contributed by atoms with Gasteiger partial charge in [-0.1, -0.05) is 39.0 Å². The summed E-state index contributed by atoms with van der Waals surface area (Å²) in [6, 6.07) is 12.9. The average Bonchev–Trinajstić information content (AvgIpc) is 3.53. The van der Waals surface area contributed by atoms with Crippen LogP contribution in [-0.4, -0.2) is 30.1 Å². The summed E-state index contributed by atoms with van der Waals surface area (Å²) in [5, 5.41) is 11.6. The Hall–Kier alpha value is -4.26. The quantitative estimate of drug-likeness (QED) is 0.303. The van der Waals surface area contributed by atoms with Crippen molar-refractivity contribution in [3.05, 3.63) is 66.1 Å². The van der Waals surface area contributed by atoms with Crippen LogP contribution in [0.25, 0.3) is 55.0 Å². The van der Waals surface area contributed by atoms with Gasteiger partial charge in [-0.15, -0.1) is 0 Å². The van der Waals surface area contributed by atoms with Crippen molar-refractivity contribution < 1.29 is 4.74 Å². The fourth-order valence-electron chi connectivity index (χ4n) is 5.04. The molecule has 0 saturated carbocycles. The molecule has 0 saturated heterocycles. The van der Waals surface area contributed by atoms with Gasteiger partial charge in [0.1, 0.15) is 29.5 Å². The van der Waals surface area contributed by atoms with Crippen molar-refractivity contribution in [3.63, 3.8) is 0 Å². The van der Waals surface area contributed by atoms with E-state index in [1.54, 1.807) is 0 Å². The lowest BCUT2D eigenvalue weighted by Crippen LogP contribution is -2.05. The van der Waals surface area contributed by atoms with Crippen molar-refractivity contribution in [3.8, 4) is 28.1 Å². The van der Waals surface area contributed by atoms with Crippen LogP contribution in [0.4, 0.5) is 0 Å². The van der Waals surface area contributed by atoms with Crippen LogP contribution in [0.5, 0.6) is 5.75 Å². The van der Waals surface area contributed by atoms with E-state index >= 15 is 0 Å². The molecule has 0 amide bonds. The Morgan fingerprint density at radius 2 is 1.71 bits per heavy atom. The van der Waals surface area contributed by atoms with E-state index in [0.717, 1.165) is 84.5 Å². The van der Waals surface area contributed by atoms with Crippen molar-refractivity contribution >= 4 is 32.6 Å². The molecule has 0 bridgehead atoms. The van der Waals surface area contributed by atoms with Gasteiger partial charge in [-0.05, 0) is 34.7 Å². The van der Waals surface area contributed by atoms with E-state index < -0.39 is 0 Å². The second-order valence-corrected chi connectivity index (χ2v) is 9.41. The third kappa shape index (κ3) is 2.97. The molecular formula is C28H24N6O. The summed E-state index contributed by atoms with van der Waals surface area (Å²) in [5.74, 6) is 3.06. The number of aromatic amines is 2. The van der Waals surface area contributed by atoms with E-state index in [4.69, 9.17) is 19.7 Å². The number of imidazole rings is 2. The first-order chi connectivity index (χ1) is 17.1. The zero-order valence-electron chi connectivity index (χ0n) is 19.8. The summed E-state index contributed by atoms with van der Waals surface area (Å²) < 4.78 is 6.13. The second kappa shape index (κ2) is 7.37. The van der Waals surface area contributed by atoms with Crippen LogP contribution in [0.1, 0.15) is 44.0 Å². The molecular weight excluding hydrogens is 436 g/mol. The molecule has 0 spiro atoms. The maximum atomic E-state index is 6.13. The van der Waals surface area contributed by atoms with Crippen LogP contribution < -0.4 is 4.74 Å². The molecule has 35 heavy (non-hydrogen) atoms. The van der Waals surface area contributed by atoms with Crippen molar-refractivity contribution in [2.45, 2.75) is 39.7 Å². The van der Waals surface area contributed by atoms with Gasteiger partial charge in [0.05, 0.1) is 23.1 Å². The average molecular weight is 461 g/mol. The van der Waals surface area contributed by atoms with Crippen molar-refractivity contribution in [2.24, 2.45) is 0 Å². The molecule has 0 radical (unpaired) electrons. The molecule has 0 atom stereocenters. The number of hydrogen-bond donors (Lipinski definition) is 2. The molecule has 7 rings (SSSR count). The monoisotopic (exact) mass is 460 g/mol. The predicted molar refractivity (Wildman–Crippen MR) is 138 cm³/mol. The Kier molecular flexibility index (Phi) is 4.24. The van der Waals surface area contributed by atoms with E-state index in [9.17, 15) is 0 Å². The highest BCUT2D eigenvalue weighted by Crippen LogP contribution is 2.41. The molecule has 1 aliphatic heterocycles. The molecule has 0 unspecified atom stereocenters. The molecule has 6 aromatic rings. The molecule has 7 heteroatoms. The number of H-pyrrole nitrogens is 2. The number of hydrogen-bond acceptors (Lipinski definition) is 5. The van der Waals surface area contributed by atoms with Gasteiger partial charge in [-0.25, -0.2) is 15.0 Å². The number of nitrogens with zero attached hydrogens (tertiary/aromatic N) is 4. The number of ether oxygens (including phenoxy) is 1. The van der Waals surface area contributed by atoms with Gasteiger partial charge in [0.25, 0.3) is 0 Å². The molecule has 3 aromatic heterocycles. The Balaban J connectivity index is 1.40. The zero-order valence-corrected chi connectivity index (χ0v) is 19.8. The maximum absolute atomic E-state index is 6.13. The number of aryl methyl sites for hydroxylation is 1.